The molecule has 2 aromatic rings. The third-order valence-electron chi connectivity index (χ3n) is 6.30. The molecular formula is C23H30N4O4. The number of hydrogen-bond acceptors (Lipinski definition) is 5. The van der Waals surface area contributed by atoms with E-state index in [0.717, 1.165) is 32.1 Å². The first-order valence-electron chi connectivity index (χ1n) is 11.3. The van der Waals surface area contributed by atoms with E-state index < -0.39 is 0 Å². The largest absolute Gasteiger partial charge is 0.494 e. The van der Waals surface area contributed by atoms with Crippen LogP contribution in [0, 0.1) is 0 Å². The molecule has 0 bridgehead atoms. The lowest BCUT2D eigenvalue weighted by Gasteiger charge is -2.31. The summed E-state index contributed by atoms with van der Waals surface area (Å²) in [6.07, 6.45) is 9.23. The maximum absolute atomic E-state index is 12.6. The number of nitrogens with one attached hydrogen (secondary N) is 1. The molecule has 1 aliphatic carbocycles. The van der Waals surface area contributed by atoms with Gasteiger partial charge in [0.15, 0.2) is 0 Å². The van der Waals surface area contributed by atoms with Gasteiger partial charge >= 0.3 is 0 Å². The van der Waals surface area contributed by atoms with Crippen LogP contribution in [-0.4, -0.2) is 46.0 Å². The SMILES string of the molecule is CN(C(=O)CCCCCOc1ccc2nc3n(c(=O)c2c1)CC(=O)N3)C1CCCCC1. The number of ether oxygens (including phenoxy) is 1. The average molecular weight is 427 g/mol. The van der Waals surface area contributed by atoms with Gasteiger partial charge in [0.2, 0.25) is 17.8 Å². The number of anilines is 1. The summed E-state index contributed by atoms with van der Waals surface area (Å²) in [5.41, 5.74) is 0.288. The highest BCUT2D eigenvalue weighted by Crippen LogP contribution is 2.23. The topological polar surface area (TPSA) is 93.5 Å². The highest BCUT2D eigenvalue weighted by molar-refractivity contribution is 5.94. The van der Waals surface area contributed by atoms with Gasteiger partial charge in [-0.05, 0) is 50.3 Å². The Hall–Kier alpha value is -2.90. The van der Waals surface area contributed by atoms with Crippen molar-refractivity contribution in [3.05, 3.63) is 28.6 Å². The summed E-state index contributed by atoms with van der Waals surface area (Å²) < 4.78 is 7.15. The minimum atomic E-state index is -0.246. The molecule has 166 valence electrons. The van der Waals surface area contributed by atoms with Crippen LogP contribution in [0.3, 0.4) is 0 Å². The minimum Gasteiger partial charge on any atom is -0.494 e. The van der Waals surface area contributed by atoms with Gasteiger partial charge in [0.25, 0.3) is 5.56 Å². The summed E-state index contributed by atoms with van der Waals surface area (Å²) in [7, 11) is 1.94. The Morgan fingerprint density at radius 2 is 2.00 bits per heavy atom. The Kier molecular flexibility index (Phi) is 6.53. The van der Waals surface area contributed by atoms with E-state index in [4.69, 9.17) is 4.74 Å². The van der Waals surface area contributed by atoms with Crippen LogP contribution in [0.1, 0.15) is 57.8 Å². The van der Waals surface area contributed by atoms with E-state index in [-0.39, 0.29) is 23.9 Å². The Labute approximate surface area is 181 Å². The predicted octanol–water partition coefficient (Wildman–Crippen LogP) is 3.08. The molecule has 31 heavy (non-hydrogen) atoms. The molecule has 0 radical (unpaired) electrons. The molecule has 0 atom stereocenters. The summed E-state index contributed by atoms with van der Waals surface area (Å²) in [4.78, 5) is 42.8. The first-order valence-corrected chi connectivity index (χ1v) is 11.3. The molecule has 0 unspecified atom stereocenters. The number of aromatic nitrogens is 2. The molecular weight excluding hydrogens is 396 g/mol. The van der Waals surface area contributed by atoms with E-state index in [9.17, 15) is 14.4 Å². The van der Waals surface area contributed by atoms with Gasteiger partial charge in [0.1, 0.15) is 12.3 Å². The van der Waals surface area contributed by atoms with Crippen molar-refractivity contribution < 1.29 is 14.3 Å². The van der Waals surface area contributed by atoms with Gasteiger partial charge in [-0.2, -0.15) is 0 Å². The molecule has 0 saturated heterocycles. The molecule has 1 N–H and O–H groups in total. The molecule has 8 heteroatoms. The third-order valence-corrected chi connectivity index (χ3v) is 6.30. The van der Waals surface area contributed by atoms with Crippen molar-refractivity contribution in [3.63, 3.8) is 0 Å². The lowest BCUT2D eigenvalue weighted by Crippen LogP contribution is -2.38. The van der Waals surface area contributed by atoms with Crippen molar-refractivity contribution >= 4 is 28.7 Å². The monoisotopic (exact) mass is 426 g/mol. The molecule has 1 aliphatic heterocycles. The van der Waals surface area contributed by atoms with Gasteiger partial charge in [0.05, 0.1) is 17.5 Å². The van der Waals surface area contributed by atoms with Crippen molar-refractivity contribution in [1.29, 1.82) is 0 Å². The molecule has 1 aromatic heterocycles. The first kappa shape index (κ1) is 21.3. The van der Waals surface area contributed by atoms with Crippen LogP contribution >= 0.6 is 0 Å². The second-order valence-corrected chi connectivity index (χ2v) is 8.51. The van der Waals surface area contributed by atoms with Crippen LogP contribution in [0.25, 0.3) is 10.9 Å². The van der Waals surface area contributed by atoms with Gasteiger partial charge < -0.3 is 9.64 Å². The summed E-state index contributed by atoms with van der Waals surface area (Å²) >= 11 is 0. The molecule has 1 aromatic carbocycles. The normalized spacial score (nSPS) is 16.2. The average Bonchev–Trinajstić information content (AvgIpc) is 3.17. The van der Waals surface area contributed by atoms with E-state index in [0.29, 0.717) is 41.7 Å². The maximum Gasteiger partial charge on any atom is 0.263 e. The quantitative estimate of drug-likeness (QED) is 0.655. The van der Waals surface area contributed by atoms with Crippen LogP contribution in [0.5, 0.6) is 5.75 Å². The van der Waals surface area contributed by atoms with Crippen molar-refractivity contribution in [2.75, 3.05) is 19.0 Å². The maximum atomic E-state index is 12.6. The van der Waals surface area contributed by atoms with E-state index in [1.165, 1.54) is 23.8 Å². The smallest absolute Gasteiger partial charge is 0.263 e. The number of benzene rings is 1. The second-order valence-electron chi connectivity index (χ2n) is 8.51. The van der Waals surface area contributed by atoms with Crippen LogP contribution < -0.4 is 15.6 Å². The number of hydrogen-bond donors (Lipinski definition) is 1. The lowest BCUT2D eigenvalue weighted by atomic mass is 9.94. The third kappa shape index (κ3) is 4.89. The zero-order chi connectivity index (χ0) is 21.8. The van der Waals surface area contributed by atoms with E-state index >= 15 is 0 Å². The highest BCUT2D eigenvalue weighted by atomic mass is 16.5. The summed E-state index contributed by atoms with van der Waals surface area (Å²) in [5, 5.41) is 3.03. The van der Waals surface area contributed by atoms with Gasteiger partial charge in [-0.1, -0.05) is 19.3 Å². The number of fused-ring (bicyclic) bond motifs is 2. The molecule has 2 aliphatic rings. The molecule has 4 rings (SSSR count). The fraction of sp³-hybridized carbons (Fsp3) is 0.565. The Balaban J connectivity index is 1.22. The molecule has 2 amide bonds. The van der Waals surface area contributed by atoms with Crippen molar-refractivity contribution in [1.82, 2.24) is 14.5 Å². The number of nitrogens with zero attached hydrogens (tertiary/aromatic N) is 3. The van der Waals surface area contributed by atoms with Gasteiger partial charge in [-0.3, -0.25) is 24.3 Å². The molecule has 8 nitrogen and oxygen atoms in total. The van der Waals surface area contributed by atoms with E-state index in [1.807, 2.05) is 11.9 Å². The predicted molar refractivity (Wildman–Crippen MR) is 118 cm³/mol. The number of carbonyl (C=O) groups excluding carboxylic acids is 2. The van der Waals surface area contributed by atoms with Gasteiger partial charge in [-0.25, -0.2) is 4.98 Å². The van der Waals surface area contributed by atoms with Crippen molar-refractivity contribution in [2.24, 2.45) is 0 Å². The molecule has 1 fully saturated rings. The number of amides is 2. The van der Waals surface area contributed by atoms with Crippen molar-refractivity contribution in [3.8, 4) is 5.75 Å². The van der Waals surface area contributed by atoms with E-state index in [2.05, 4.69) is 10.3 Å². The van der Waals surface area contributed by atoms with E-state index in [1.54, 1.807) is 18.2 Å². The zero-order valence-electron chi connectivity index (χ0n) is 18.1. The minimum absolute atomic E-state index is 0.00313. The zero-order valence-corrected chi connectivity index (χ0v) is 18.1. The summed E-state index contributed by atoms with van der Waals surface area (Å²) in [6.45, 7) is 0.523. The van der Waals surface area contributed by atoms with Crippen LogP contribution in [0.4, 0.5) is 5.95 Å². The number of unbranched alkanes of at least 4 members (excludes halogenated alkanes) is 2. The molecule has 0 spiro atoms. The van der Waals surface area contributed by atoms with Crippen LogP contribution in [-0.2, 0) is 16.1 Å². The molecule has 1 saturated carbocycles. The van der Waals surface area contributed by atoms with Gasteiger partial charge in [-0.15, -0.1) is 0 Å². The molecule has 2 heterocycles. The van der Waals surface area contributed by atoms with Gasteiger partial charge in [0, 0.05) is 19.5 Å². The number of rotatable bonds is 8. The fourth-order valence-corrected chi connectivity index (χ4v) is 4.43. The van der Waals surface area contributed by atoms with Crippen LogP contribution in [0.2, 0.25) is 0 Å². The van der Waals surface area contributed by atoms with Crippen molar-refractivity contribution in [2.45, 2.75) is 70.4 Å². The summed E-state index contributed by atoms with van der Waals surface area (Å²) in [6, 6.07) is 5.62. The standard InChI is InChI=1S/C23H30N4O4/c1-26(16-8-4-2-5-9-16)21(29)10-6-3-7-13-31-17-11-12-19-18(14-17)22(30)27-15-20(28)25-23(27)24-19/h11-12,14,16H,2-10,13,15H2,1H3,(H,24,25,28). The Morgan fingerprint density at radius 1 is 1.19 bits per heavy atom. The summed E-state index contributed by atoms with van der Waals surface area (Å²) in [5.74, 6) is 0.910. The van der Waals surface area contributed by atoms with Crippen LogP contribution in [0.15, 0.2) is 23.0 Å². The first-order chi connectivity index (χ1) is 15.0. The fourth-order valence-electron chi connectivity index (χ4n) is 4.43. The lowest BCUT2D eigenvalue weighted by molar-refractivity contribution is -0.132. The Morgan fingerprint density at radius 3 is 2.81 bits per heavy atom. The second kappa shape index (κ2) is 9.49. The Bertz CT molecular complexity index is 1030. The number of carbonyl (C=O) groups is 2. The highest BCUT2D eigenvalue weighted by Gasteiger charge is 2.22.